The molecule has 0 saturated heterocycles. The number of nitrogens with two attached hydrogens (primary N) is 1. The molecule has 0 radical (unpaired) electrons. The van der Waals surface area contributed by atoms with Gasteiger partial charge in [-0.15, -0.1) is 0 Å². The molecule has 0 aromatic heterocycles. The van der Waals surface area contributed by atoms with Gasteiger partial charge in [0.25, 0.3) is 0 Å². The van der Waals surface area contributed by atoms with E-state index in [1.165, 1.54) is 0 Å². The lowest BCUT2D eigenvalue weighted by molar-refractivity contribution is 0.112. The molecule has 2 nitrogen and oxygen atoms in total. The second-order valence-electron chi connectivity index (χ2n) is 2.01. The Labute approximate surface area is 86.4 Å². The molecule has 0 saturated carbocycles. The van der Waals surface area contributed by atoms with Crippen LogP contribution >= 0.6 is 38.5 Å². The maximum atomic E-state index is 10.5. The van der Waals surface area contributed by atoms with E-state index in [-0.39, 0.29) is 0 Å². The maximum absolute atomic E-state index is 10.5. The summed E-state index contributed by atoms with van der Waals surface area (Å²) in [7, 11) is 0. The van der Waals surface area contributed by atoms with Crippen LogP contribution in [-0.4, -0.2) is 6.29 Å². The number of rotatable bonds is 1. The first-order chi connectivity index (χ1) is 5.15. The average Bonchev–Trinajstić information content (AvgIpc) is 1.85. The minimum Gasteiger partial charge on any atom is -0.398 e. The van der Waals surface area contributed by atoms with E-state index in [9.17, 15) is 4.79 Å². The number of halogens is 2. The van der Waals surface area contributed by atoms with Crippen molar-refractivity contribution >= 4 is 50.5 Å². The largest absolute Gasteiger partial charge is 0.398 e. The molecule has 0 aliphatic carbocycles. The van der Waals surface area contributed by atoms with E-state index in [0.717, 1.165) is 14.3 Å². The third kappa shape index (κ3) is 1.93. The Balaban J connectivity index is 3.36. The van der Waals surface area contributed by atoms with Crippen molar-refractivity contribution in [2.75, 3.05) is 5.73 Å². The fourth-order valence-electron chi connectivity index (χ4n) is 0.729. The van der Waals surface area contributed by atoms with Crippen molar-refractivity contribution in [3.05, 3.63) is 25.7 Å². The molecule has 0 atom stereocenters. The Morgan fingerprint density at radius 1 is 1.55 bits per heavy atom. The summed E-state index contributed by atoms with van der Waals surface area (Å²) in [4.78, 5) is 10.5. The third-order valence-electron chi connectivity index (χ3n) is 1.24. The van der Waals surface area contributed by atoms with Crippen molar-refractivity contribution in [3.8, 4) is 0 Å². The Kier molecular flexibility index (Phi) is 2.89. The number of hydrogen-bond donors (Lipinski definition) is 1. The van der Waals surface area contributed by atoms with Crippen LogP contribution in [-0.2, 0) is 0 Å². The summed E-state index contributed by atoms with van der Waals surface area (Å²) < 4.78 is 1.76. The van der Waals surface area contributed by atoms with Gasteiger partial charge in [-0.25, -0.2) is 0 Å². The molecular weight excluding hydrogens is 321 g/mol. The number of carbonyl (C=O) groups excluding carboxylic acids is 1. The van der Waals surface area contributed by atoms with Gasteiger partial charge >= 0.3 is 0 Å². The monoisotopic (exact) mass is 325 g/mol. The topological polar surface area (TPSA) is 43.1 Å². The van der Waals surface area contributed by atoms with Crippen molar-refractivity contribution in [1.29, 1.82) is 0 Å². The Morgan fingerprint density at radius 3 is 2.64 bits per heavy atom. The van der Waals surface area contributed by atoms with Gasteiger partial charge in [-0.05, 0) is 34.7 Å². The second kappa shape index (κ2) is 3.53. The van der Waals surface area contributed by atoms with Crippen molar-refractivity contribution in [1.82, 2.24) is 0 Å². The highest BCUT2D eigenvalue weighted by molar-refractivity contribution is 14.1. The van der Waals surface area contributed by atoms with Crippen LogP contribution < -0.4 is 5.73 Å². The maximum Gasteiger partial charge on any atom is 0.153 e. The highest BCUT2D eigenvalue weighted by Crippen LogP contribution is 2.23. The summed E-state index contributed by atoms with van der Waals surface area (Å²) in [5.41, 5.74) is 6.64. The van der Waals surface area contributed by atoms with Crippen molar-refractivity contribution in [2.45, 2.75) is 0 Å². The van der Waals surface area contributed by atoms with Gasteiger partial charge in [0.2, 0.25) is 0 Å². The zero-order valence-electron chi connectivity index (χ0n) is 5.47. The summed E-state index contributed by atoms with van der Waals surface area (Å²) in [6, 6.07) is 3.56. The predicted octanol–water partition coefficient (Wildman–Crippen LogP) is 2.45. The van der Waals surface area contributed by atoms with E-state index in [0.29, 0.717) is 11.3 Å². The van der Waals surface area contributed by atoms with Gasteiger partial charge in [0.05, 0.1) is 5.56 Å². The lowest BCUT2D eigenvalue weighted by Gasteiger charge is -2.01. The number of anilines is 1. The first-order valence-electron chi connectivity index (χ1n) is 2.85. The molecule has 0 spiro atoms. The van der Waals surface area contributed by atoms with Crippen molar-refractivity contribution in [3.63, 3.8) is 0 Å². The lowest BCUT2D eigenvalue weighted by Crippen LogP contribution is -1.95. The Morgan fingerprint density at radius 2 is 2.18 bits per heavy atom. The van der Waals surface area contributed by atoms with Crippen LogP contribution in [0.3, 0.4) is 0 Å². The molecule has 1 aromatic rings. The van der Waals surface area contributed by atoms with E-state index in [4.69, 9.17) is 5.73 Å². The zero-order chi connectivity index (χ0) is 8.43. The van der Waals surface area contributed by atoms with Gasteiger partial charge in [0.15, 0.2) is 6.29 Å². The van der Waals surface area contributed by atoms with Gasteiger partial charge in [-0.3, -0.25) is 4.79 Å². The number of benzene rings is 1. The molecule has 0 bridgehead atoms. The molecule has 1 aromatic carbocycles. The minimum atomic E-state index is 0.513. The third-order valence-corrected chi connectivity index (χ3v) is 2.59. The molecule has 2 N–H and O–H groups in total. The van der Waals surface area contributed by atoms with Crippen LogP contribution in [0.1, 0.15) is 10.4 Å². The highest BCUT2D eigenvalue weighted by Gasteiger charge is 2.03. The summed E-state index contributed by atoms with van der Waals surface area (Å²) >= 11 is 5.35. The molecule has 0 heterocycles. The van der Waals surface area contributed by atoms with Crippen LogP contribution in [0.5, 0.6) is 0 Å². The van der Waals surface area contributed by atoms with Crippen LogP contribution in [0.2, 0.25) is 0 Å². The number of hydrogen-bond acceptors (Lipinski definition) is 2. The zero-order valence-corrected chi connectivity index (χ0v) is 9.22. The summed E-state index contributed by atoms with van der Waals surface area (Å²) in [5.74, 6) is 0. The Hall–Kier alpha value is -0.100. The predicted molar refractivity (Wildman–Crippen MR) is 56.7 cm³/mol. The summed E-state index contributed by atoms with van der Waals surface area (Å²) in [6.07, 6.45) is 0.767. The van der Waals surface area contributed by atoms with Crippen molar-refractivity contribution < 1.29 is 4.79 Å². The van der Waals surface area contributed by atoms with Crippen LogP contribution in [0.4, 0.5) is 5.69 Å². The van der Waals surface area contributed by atoms with Gasteiger partial charge in [-0.1, -0.05) is 15.9 Å². The molecule has 0 fully saturated rings. The Bertz CT molecular complexity index is 277. The van der Waals surface area contributed by atoms with E-state index in [1.807, 2.05) is 6.07 Å². The van der Waals surface area contributed by atoms with E-state index < -0.39 is 0 Å². The van der Waals surface area contributed by atoms with Crippen LogP contribution in [0.15, 0.2) is 16.6 Å². The van der Waals surface area contributed by atoms with Gasteiger partial charge < -0.3 is 5.73 Å². The smallest absolute Gasteiger partial charge is 0.153 e. The van der Waals surface area contributed by atoms with Crippen LogP contribution in [0, 0.1) is 3.57 Å². The standard InChI is InChI=1S/C7H5BrINO/c8-4-1-6(9)5(3-11)7(10)2-4/h1-3H,10H2. The fourth-order valence-corrected chi connectivity index (χ4v) is 2.41. The lowest BCUT2D eigenvalue weighted by atomic mass is 10.2. The number of carbonyl (C=O) groups is 1. The molecule has 0 aliphatic rings. The number of aldehydes is 1. The summed E-state index contributed by atoms with van der Waals surface area (Å²) in [6.45, 7) is 0. The van der Waals surface area contributed by atoms with Gasteiger partial charge in [-0.2, -0.15) is 0 Å². The molecule has 58 valence electrons. The highest BCUT2D eigenvalue weighted by atomic mass is 127. The SMILES string of the molecule is Nc1cc(Br)cc(I)c1C=O. The molecule has 4 heteroatoms. The quantitative estimate of drug-likeness (QED) is 0.489. The fraction of sp³-hybridized carbons (Fsp3) is 0. The molecule has 11 heavy (non-hydrogen) atoms. The number of nitrogen functional groups attached to an aromatic ring is 1. The average molecular weight is 326 g/mol. The van der Waals surface area contributed by atoms with Gasteiger partial charge in [0.1, 0.15) is 0 Å². The van der Waals surface area contributed by atoms with Gasteiger partial charge in [0, 0.05) is 13.7 Å². The summed E-state index contributed by atoms with van der Waals surface area (Å²) in [5, 5.41) is 0. The molecular formula is C7H5BrINO. The van der Waals surface area contributed by atoms with Crippen LogP contribution in [0.25, 0.3) is 0 Å². The first kappa shape index (κ1) is 8.99. The molecule has 0 unspecified atom stereocenters. The molecule has 1 rings (SSSR count). The second-order valence-corrected chi connectivity index (χ2v) is 4.09. The normalized spacial score (nSPS) is 9.64. The minimum absolute atomic E-state index is 0.513. The van der Waals surface area contributed by atoms with E-state index in [2.05, 4.69) is 38.5 Å². The van der Waals surface area contributed by atoms with Crippen molar-refractivity contribution in [2.24, 2.45) is 0 Å². The van der Waals surface area contributed by atoms with E-state index >= 15 is 0 Å². The first-order valence-corrected chi connectivity index (χ1v) is 4.72. The molecule has 0 aliphatic heterocycles. The molecule has 0 amide bonds. The van der Waals surface area contributed by atoms with E-state index in [1.54, 1.807) is 6.07 Å².